The molecule has 0 bridgehead atoms. The van der Waals surface area contributed by atoms with Crippen molar-refractivity contribution in [2.75, 3.05) is 0 Å². The molecular weight excluding hydrogens is 363 g/mol. The summed E-state index contributed by atoms with van der Waals surface area (Å²) in [5, 5.41) is 9.55. The molecule has 0 aromatic heterocycles. The lowest BCUT2D eigenvalue weighted by Crippen LogP contribution is -2.05. The Morgan fingerprint density at radius 3 is 2.65 bits per heavy atom. The van der Waals surface area contributed by atoms with Crippen LogP contribution in [0.4, 0.5) is 0 Å². The number of unbranched alkanes of at least 4 members (excludes halogenated alkanes) is 1. The van der Waals surface area contributed by atoms with Crippen LogP contribution < -0.4 is 0 Å². The molecule has 1 N–H and O–H groups in total. The van der Waals surface area contributed by atoms with Crippen LogP contribution in [0.25, 0.3) is 0 Å². The topological polar surface area (TPSA) is 37.3 Å². The van der Waals surface area contributed by atoms with Crippen LogP contribution >= 0.6 is 22.6 Å². The Morgan fingerprint density at radius 2 is 1.95 bits per heavy atom. The minimum absolute atomic E-state index is 0.0228. The third-order valence-electron chi connectivity index (χ3n) is 3.27. The van der Waals surface area contributed by atoms with Crippen molar-refractivity contribution in [1.29, 1.82) is 0 Å². The van der Waals surface area contributed by atoms with E-state index in [1.54, 1.807) is 18.2 Å². The lowest BCUT2D eigenvalue weighted by atomic mass is 9.95. The minimum Gasteiger partial charge on any atom is -0.507 e. The van der Waals surface area contributed by atoms with Crippen molar-refractivity contribution in [3.05, 3.63) is 62.7 Å². The van der Waals surface area contributed by atoms with E-state index in [2.05, 4.69) is 6.92 Å². The lowest BCUT2D eigenvalue weighted by Gasteiger charge is -2.09. The molecule has 0 unspecified atom stereocenters. The predicted molar refractivity (Wildman–Crippen MR) is 89.3 cm³/mol. The number of aryl methyl sites for hydroxylation is 1. The van der Waals surface area contributed by atoms with Crippen LogP contribution in [0.5, 0.6) is 5.75 Å². The molecule has 0 atom stereocenters. The molecule has 0 radical (unpaired) electrons. The van der Waals surface area contributed by atoms with Gasteiger partial charge in [0.15, 0.2) is 5.78 Å². The molecule has 2 nitrogen and oxygen atoms in total. The van der Waals surface area contributed by atoms with Crippen molar-refractivity contribution in [3.63, 3.8) is 0 Å². The van der Waals surface area contributed by atoms with Crippen LogP contribution in [0.2, 0.25) is 0 Å². The average molecular weight is 380 g/mol. The first-order valence-corrected chi connectivity index (χ1v) is 7.82. The molecule has 0 heterocycles. The standard InChI is InChI=1S/C17H17IO2/c1-2-3-6-12-7-4-5-8-14(12)17(20)13-9-10-16(19)15(18)11-13/h4-5,7-11,19H,2-3,6H2,1H3. The summed E-state index contributed by atoms with van der Waals surface area (Å²) in [5.41, 5.74) is 2.49. The molecule has 0 aliphatic carbocycles. The summed E-state index contributed by atoms with van der Waals surface area (Å²) in [5.74, 6) is 0.232. The fourth-order valence-electron chi connectivity index (χ4n) is 2.13. The van der Waals surface area contributed by atoms with Gasteiger partial charge in [0.1, 0.15) is 5.75 Å². The maximum Gasteiger partial charge on any atom is 0.193 e. The first kappa shape index (κ1) is 15.0. The number of aromatic hydroxyl groups is 1. The molecule has 0 aliphatic rings. The molecule has 0 amide bonds. The van der Waals surface area contributed by atoms with Crippen molar-refractivity contribution in [2.24, 2.45) is 0 Å². The van der Waals surface area contributed by atoms with Crippen LogP contribution in [-0.2, 0) is 6.42 Å². The zero-order chi connectivity index (χ0) is 14.5. The van der Waals surface area contributed by atoms with Crippen molar-refractivity contribution >= 4 is 28.4 Å². The van der Waals surface area contributed by atoms with Crippen molar-refractivity contribution in [2.45, 2.75) is 26.2 Å². The zero-order valence-corrected chi connectivity index (χ0v) is 13.6. The molecule has 2 aromatic rings. The Kier molecular flexibility index (Phi) is 5.17. The SMILES string of the molecule is CCCCc1ccccc1C(=O)c1ccc(O)c(I)c1. The van der Waals surface area contributed by atoms with Gasteiger partial charge < -0.3 is 5.11 Å². The van der Waals surface area contributed by atoms with E-state index in [0.29, 0.717) is 9.13 Å². The fraction of sp³-hybridized carbons (Fsp3) is 0.235. The fourth-order valence-corrected chi connectivity index (χ4v) is 2.65. The number of carbonyl (C=O) groups excluding carboxylic acids is 1. The van der Waals surface area contributed by atoms with Gasteiger partial charge in [-0.25, -0.2) is 0 Å². The van der Waals surface area contributed by atoms with E-state index in [4.69, 9.17) is 0 Å². The van der Waals surface area contributed by atoms with Crippen LogP contribution in [0.3, 0.4) is 0 Å². The lowest BCUT2D eigenvalue weighted by molar-refractivity contribution is 0.103. The smallest absolute Gasteiger partial charge is 0.193 e. The van der Waals surface area contributed by atoms with Gasteiger partial charge in [-0.05, 0) is 59.2 Å². The summed E-state index contributed by atoms with van der Waals surface area (Å²) in [6.45, 7) is 2.15. The first-order chi connectivity index (χ1) is 9.63. The van der Waals surface area contributed by atoms with Gasteiger partial charge in [0.25, 0.3) is 0 Å². The minimum atomic E-state index is 0.0228. The van der Waals surface area contributed by atoms with Gasteiger partial charge >= 0.3 is 0 Å². The monoisotopic (exact) mass is 380 g/mol. The number of hydrogen-bond acceptors (Lipinski definition) is 2. The van der Waals surface area contributed by atoms with Crippen LogP contribution in [0.1, 0.15) is 41.3 Å². The molecule has 0 spiro atoms. The molecule has 3 heteroatoms. The van der Waals surface area contributed by atoms with Gasteiger partial charge in [-0.15, -0.1) is 0 Å². The van der Waals surface area contributed by atoms with Gasteiger partial charge in [-0.2, -0.15) is 0 Å². The number of rotatable bonds is 5. The molecule has 2 rings (SSSR count). The van der Waals surface area contributed by atoms with Crippen LogP contribution in [0.15, 0.2) is 42.5 Å². The summed E-state index contributed by atoms with van der Waals surface area (Å²) in [6.07, 6.45) is 3.12. The molecular formula is C17H17IO2. The number of phenolic OH excluding ortho intramolecular Hbond substituents is 1. The molecule has 0 saturated carbocycles. The number of ketones is 1. The zero-order valence-electron chi connectivity index (χ0n) is 11.4. The maximum atomic E-state index is 12.6. The van der Waals surface area contributed by atoms with Gasteiger partial charge in [0.2, 0.25) is 0 Å². The second kappa shape index (κ2) is 6.88. The van der Waals surface area contributed by atoms with E-state index in [1.807, 2.05) is 46.9 Å². The van der Waals surface area contributed by atoms with Crippen LogP contribution in [-0.4, -0.2) is 10.9 Å². The Balaban J connectivity index is 2.35. The Labute approximate surface area is 133 Å². The molecule has 0 fully saturated rings. The Morgan fingerprint density at radius 1 is 1.20 bits per heavy atom. The van der Waals surface area contributed by atoms with E-state index in [-0.39, 0.29) is 11.5 Å². The van der Waals surface area contributed by atoms with Gasteiger partial charge in [0.05, 0.1) is 3.57 Å². The van der Waals surface area contributed by atoms with Crippen LogP contribution in [0, 0.1) is 3.57 Å². The van der Waals surface area contributed by atoms with E-state index >= 15 is 0 Å². The van der Waals surface area contributed by atoms with E-state index in [0.717, 1.165) is 30.4 Å². The second-order valence-electron chi connectivity index (χ2n) is 4.76. The molecule has 0 saturated heterocycles. The molecule has 2 aromatic carbocycles. The number of benzene rings is 2. The highest BCUT2D eigenvalue weighted by Gasteiger charge is 2.14. The highest BCUT2D eigenvalue weighted by Crippen LogP contribution is 2.23. The molecule has 20 heavy (non-hydrogen) atoms. The summed E-state index contributed by atoms with van der Waals surface area (Å²) in [6, 6.07) is 12.8. The quantitative estimate of drug-likeness (QED) is 0.610. The summed E-state index contributed by atoms with van der Waals surface area (Å²) in [4.78, 5) is 12.6. The molecule has 0 aliphatic heterocycles. The van der Waals surface area contributed by atoms with Gasteiger partial charge in [-0.1, -0.05) is 37.6 Å². The third-order valence-corrected chi connectivity index (χ3v) is 4.14. The van der Waals surface area contributed by atoms with E-state index in [1.165, 1.54) is 0 Å². The first-order valence-electron chi connectivity index (χ1n) is 6.74. The van der Waals surface area contributed by atoms with E-state index in [9.17, 15) is 9.90 Å². The number of hydrogen-bond donors (Lipinski definition) is 1. The number of carbonyl (C=O) groups is 1. The predicted octanol–water partition coefficient (Wildman–Crippen LogP) is 4.57. The van der Waals surface area contributed by atoms with E-state index < -0.39 is 0 Å². The number of halogens is 1. The summed E-state index contributed by atoms with van der Waals surface area (Å²) < 4.78 is 0.694. The highest BCUT2D eigenvalue weighted by atomic mass is 127. The number of phenols is 1. The van der Waals surface area contributed by atoms with Crippen molar-refractivity contribution < 1.29 is 9.90 Å². The largest absolute Gasteiger partial charge is 0.507 e. The summed E-state index contributed by atoms with van der Waals surface area (Å²) in [7, 11) is 0. The van der Waals surface area contributed by atoms with Gasteiger partial charge in [0, 0.05) is 11.1 Å². The highest BCUT2D eigenvalue weighted by molar-refractivity contribution is 14.1. The summed E-state index contributed by atoms with van der Waals surface area (Å²) >= 11 is 2.03. The van der Waals surface area contributed by atoms with Crippen molar-refractivity contribution in [3.8, 4) is 5.75 Å². The van der Waals surface area contributed by atoms with Crippen molar-refractivity contribution in [1.82, 2.24) is 0 Å². The Hall–Kier alpha value is -1.36. The Bertz CT molecular complexity index is 620. The average Bonchev–Trinajstić information content (AvgIpc) is 2.47. The normalized spacial score (nSPS) is 10.5. The van der Waals surface area contributed by atoms with Gasteiger partial charge in [-0.3, -0.25) is 4.79 Å². The molecule has 104 valence electrons. The maximum absolute atomic E-state index is 12.6. The second-order valence-corrected chi connectivity index (χ2v) is 5.92. The third kappa shape index (κ3) is 3.39.